The summed E-state index contributed by atoms with van der Waals surface area (Å²) >= 11 is 0. The minimum atomic E-state index is -0.195. The number of methoxy groups -OCH3 is 1. The summed E-state index contributed by atoms with van der Waals surface area (Å²) in [5.74, 6) is 1.25. The number of aromatic amines is 1. The lowest BCUT2D eigenvalue weighted by molar-refractivity contribution is 0.415. The molecule has 2 aromatic heterocycles. The fourth-order valence-corrected chi connectivity index (χ4v) is 2.63. The van der Waals surface area contributed by atoms with E-state index in [0.29, 0.717) is 11.1 Å². The van der Waals surface area contributed by atoms with E-state index in [-0.39, 0.29) is 5.56 Å². The van der Waals surface area contributed by atoms with Crippen LogP contribution in [-0.2, 0) is 6.42 Å². The highest BCUT2D eigenvalue weighted by atomic mass is 16.5. The van der Waals surface area contributed by atoms with Gasteiger partial charge in [-0.2, -0.15) is 9.61 Å². The second kappa shape index (κ2) is 4.84. The van der Waals surface area contributed by atoms with Gasteiger partial charge in [-0.25, -0.2) is 4.98 Å². The topological polar surface area (TPSA) is 72.3 Å². The number of H-pyrrole nitrogens is 1. The standard InChI is InChI=1S/C16H14N4O2/c1-22-11-7-5-10(6-8-11)9-14-15(21)18-16-17-12-3-2-4-13(12)19-20(14)16/h3,5-9H,2,4H2,1H3,(H,17,18,21)/b14-9+. The summed E-state index contributed by atoms with van der Waals surface area (Å²) < 4.78 is 6.72. The molecule has 2 heterocycles. The van der Waals surface area contributed by atoms with Gasteiger partial charge in [0.05, 0.1) is 18.2 Å². The second-order valence-corrected chi connectivity index (χ2v) is 5.18. The van der Waals surface area contributed by atoms with E-state index >= 15 is 0 Å². The van der Waals surface area contributed by atoms with Gasteiger partial charge in [0.2, 0.25) is 5.78 Å². The van der Waals surface area contributed by atoms with Crippen LogP contribution in [0, 0.1) is 0 Å². The Balaban J connectivity index is 1.94. The van der Waals surface area contributed by atoms with Crippen molar-refractivity contribution in [2.45, 2.75) is 12.8 Å². The second-order valence-electron chi connectivity index (χ2n) is 5.18. The predicted molar refractivity (Wildman–Crippen MR) is 82.2 cm³/mol. The number of aromatic nitrogens is 4. The SMILES string of the molecule is COc1ccc(/C=c2\c(=O)[nH]c3nc4c(nn23)CCC=4)cc1. The first-order valence-corrected chi connectivity index (χ1v) is 7.08. The van der Waals surface area contributed by atoms with Crippen molar-refractivity contribution in [1.82, 2.24) is 19.6 Å². The number of imidazole rings is 1. The van der Waals surface area contributed by atoms with E-state index in [4.69, 9.17) is 4.74 Å². The van der Waals surface area contributed by atoms with Crippen LogP contribution in [0.3, 0.4) is 0 Å². The monoisotopic (exact) mass is 294 g/mol. The molecule has 4 rings (SSSR count). The number of aryl methyl sites for hydroxylation is 1. The van der Waals surface area contributed by atoms with E-state index in [9.17, 15) is 4.79 Å². The van der Waals surface area contributed by atoms with Crippen LogP contribution in [0.25, 0.3) is 17.9 Å². The lowest BCUT2D eigenvalue weighted by atomic mass is 10.2. The minimum Gasteiger partial charge on any atom is -0.497 e. The summed E-state index contributed by atoms with van der Waals surface area (Å²) in [5, 5.41) is 5.89. The van der Waals surface area contributed by atoms with Gasteiger partial charge in [0, 0.05) is 0 Å². The third-order valence-corrected chi connectivity index (χ3v) is 3.77. The number of hydrogen-bond donors (Lipinski definition) is 1. The third-order valence-electron chi connectivity index (χ3n) is 3.77. The van der Waals surface area contributed by atoms with E-state index in [1.807, 2.05) is 30.3 Å². The average molecular weight is 294 g/mol. The smallest absolute Gasteiger partial charge is 0.276 e. The molecule has 1 N–H and O–H groups in total. The third kappa shape index (κ3) is 2.00. The highest BCUT2D eigenvalue weighted by molar-refractivity contribution is 5.50. The molecule has 0 radical (unpaired) electrons. The largest absolute Gasteiger partial charge is 0.497 e. The van der Waals surface area contributed by atoms with E-state index in [1.165, 1.54) is 0 Å². The van der Waals surface area contributed by atoms with Crippen molar-refractivity contribution in [1.29, 1.82) is 0 Å². The molecule has 0 saturated carbocycles. The molecule has 0 unspecified atom stereocenters. The Morgan fingerprint density at radius 2 is 2.14 bits per heavy atom. The van der Waals surface area contributed by atoms with Crippen molar-refractivity contribution in [2.24, 2.45) is 0 Å². The Labute approximate surface area is 125 Å². The van der Waals surface area contributed by atoms with Gasteiger partial charge in [0.15, 0.2) is 0 Å². The summed E-state index contributed by atoms with van der Waals surface area (Å²) in [4.78, 5) is 19.4. The van der Waals surface area contributed by atoms with Crippen LogP contribution in [0.5, 0.6) is 5.75 Å². The van der Waals surface area contributed by atoms with Gasteiger partial charge in [0.1, 0.15) is 11.1 Å². The van der Waals surface area contributed by atoms with Gasteiger partial charge in [-0.3, -0.25) is 9.78 Å². The Morgan fingerprint density at radius 3 is 2.91 bits per heavy atom. The molecule has 1 aliphatic rings. The van der Waals surface area contributed by atoms with Crippen LogP contribution >= 0.6 is 0 Å². The van der Waals surface area contributed by atoms with Crippen molar-refractivity contribution in [3.8, 4) is 5.75 Å². The fraction of sp³-hybridized carbons (Fsp3) is 0.188. The van der Waals surface area contributed by atoms with Gasteiger partial charge in [0.25, 0.3) is 5.56 Å². The summed E-state index contributed by atoms with van der Waals surface area (Å²) in [7, 11) is 1.62. The quantitative estimate of drug-likeness (QED) is 0.721. The molecule has 0 fully saturated rings. The van der Waals surface area contributed by atoms with Gasteiger partial charge >= 0.3 is 0 Å². The number of nitrogens with zero attached hydrogens (tertiary/aromatic N) is 3. The van der Waals surface area contributed by atoms with Gasteiger partial charge in [-0.15, -0.1) is 0 Å². The highest BCUT2D eigenvalue weighted by Gasteiger charge is 2.10. The normalized spacial score (nSPS) is 14.1. The maximum absolute atomic E-state index is 12.2. The zero-order valence-corrected chi connectivity index (χ0v) is 12.0. The summed E-state index contributed by atoms with van der Waals surface area (Å²) in [6.07, 6.45) is 5.66. The first-order chi connectivity index (χ1) is 10.7. The maximum atomic E-state index is 12.2. The number of rotatable bonds is 2. The minimum absolute atomic E-state index is 0.195. The van der Waals surface area contributed by atoms with Crippen molar-refractivity contribution < 1.29 is 4.74 Å². The van der Waals surface area contributed by atoms with E-state index < -0.39 is 0 Å². The number of nitrogens with one attached hydrogen (secondary N) is 1. The van der Waals surface area contributed by atoms with Crippen molar-refractivity contribution in [2.75, 3.05) is 7.11 Å². The lowest BCUT2D eigenvalue weighted by Crippen LogP contribution is -2.28. The molecule has 0 spiro atoms. The number of ether oxygens (including phenoxy) is 1. The van der Waals surface area contributed by atoms with Crippen LogP contribution in [0.1, 0.15) is 17.7 Å². The average Bonchev–Trinajstić information content (AvgIpc) is 3.10. The Bertz CT molecular complexity index is 1030. The molecule has 0 amide bonds. The van der Waals surface area contributed by atoms with Crippen LogP contribution < -0.4 is 21.0 Å². The van der Waals surface area contributed by atoms with Gasteiger partial charge in [-0.05, 0) is 36.6 Å². The first-order valence-electron chi connectivity index (χ1n) is 7.08. The zero-order chi connectivity index (χ0) is 15.1. The number of hydrogen-bond acceptors (Lipinski definition) is 4. The van der Waals surface area contributed by atoms with Crippen molar-refractivity contribution in [3.63, 3.8) is 0 Å². The number of benzene rings is 1. The van der Waals surface area contributed by atoms with Crippen molar-refractivity contribution in [3.05, 3.63) is 56.6 Å². The first kappa shape index (κ1) is 12.8. The van der Waals surface area contributed by atoms with E-state index in [0.717, 1.165) is 35.2 Å². The van der Waals surface area contributed by atoms with Gasteiger partial charge < -0.3 is 4.74 Å². The molecule has 0 aliphatic heterocycles. The van der Waals surface area contributed by atoms with Gasteiger partial charge in [-0.1, -0.05) is 18.2 Å². The van der Waals surface area contributed by atoms with E-state index in [2.05, 4.69) is 15.1 Å². The molecular formula is C16H14N4O2. The van der Waals surface area contributed by atoms with Crippen LogP contribution in [0.15, 0.2) is 29.1 Å². The predicted octanol–water partition coefficient (Wildman–Crippen LogP) is -0.0183. The summed E-state index contributed by atoms with van der Waals surface area (Å²) in [6.45, 7) is 0. The number of fused-ring (bicyclic) bond motifs is 2. The summed E-state index contributed by atoms with van der Waals surface area (Å²) in [6, 6.07) is 7.50. The molecule has 110 valence electrons. The molecule has 1 aliphatic carbocycles. The van der Waals surface area contributed by atoms with Crippen LogP contribution in [0.4, 0.5) is 0 Å². The highest BCUT2D eigenvalue weighted by Crippen LogP contribution is 2.11. The molecule has 22 heavy (non-hydrogen) atoms. The molecule has 1 aromatic carbocycles. The molecule has 6 nitrogen and oxygen atoms in total. The molecular weight excluding hydrogens is 280 g/mol. The zero-order valence-electron chi connectivity index (χ0n) is 12.0. The van der Waals surface area contributed by atoms with E-state index in [1.54, 1.807) is 17.7 Å². The molecule has 6 heteroatoms. The fourth-order valence-electron chi connectivity index (χ4n) is 2.63. The molecule has 0 bridgehead atoms. The molecule has 0 atom stereocenters. The molecule has 0 saturated heterocycles. The van der Waals surface area contributed by atoms with Crippen molar-refractivity contribution >= 4 is 17.9 Å². The Morgan fingerprint density at radius 1 is 1.32 bits per heavy atom. The Hall–Kier alpha value is -2.89. The lowest BCUT2D eigenvalue weighted by Gasteiger charge is -1.99. The van der Waals surface area contributed by atoms with Crippen LogP contribution in [-0.4, -0.2) is 26.7 Å². The molecule has 3 aromatic rings. The summed E-state index contributed by atoms with van der Waals surface area (Å²) in [5.41, 5.74) is 1.64. The Kier molecular flexibility index (Phi) is 2.82. The van der Waals surface area contributed by atoms with Crippen LogP contribution in [0.2, 0.25) is 0 Å². The maximum Gasteiger partial charge on any atom is 0.276 e.